The average Bonchev–Trinajstić information content (AvgIpc) is 2.57. The van der Waals surface area contributed by atoms with E-state index in [-0.39, 0.29) is 0 Å². The fourth-order valence-electron chi connectivity index (χ4n) is 1.21. The normalized spacial score (nSPS) is 14.3. The summed E-state index contributed by atoms with van der Waals surface area (Å²) in [6, 6.07) is 2.39. The van der Waals surface area contributed by atoms with Crippen molar-refractivity contribution in [1.29, 1.82) is 5.26 Å². The van der Waals surface area contributed by atoms with Crippen LogP contribution in [0.15, 0.2) is 0 Å². The summed E-state index contributed by atoms with van der Waals surface area (Å²) in [6.07, 6.45) is 1.10. The van der Waals surface area contributed by atoms with E-state index in [4.69, 9.17) is 11.0 Å². The van der Waals surface area contributed by atoms with E-state index in [9.17, 15) is 0 Å². The van der Waals surface area contributed by atoms with Gasteiger partial charge in [0.05, 0.1) is 0 Å². The molecule has 0 aliphatic rings. The number of aromatic nitrogens is 1. The second kappa shape index (κ2) is 4.99. The van der Waals surface area contributed by atoms with E-state index in [0.717, 1.165) is 11.4 Å². The summed E-state index contributed by atoms with van der Waals surface area (Å²) in [7, 11) is 0. The van der Waals surface area contributed by atoms with Gasteiger partial charge >= 0.3 is 0 Å². The second-order valence-electron chi connectivity index (χ2n) is 3.70. The molecule has 0 spiro atoms. The van der Waals surface area contributed by atoms with Gasteiger partial charge in [0.2, 0.25) is 0 Å². The summed E-state index contributed by atoms with van der Waals surface area (Å²) < 4.78 is 3.96. The fourth-order valence-corrected chi connectivity index (χ4v) is 1.97. The second-order valence-corrected chi connectivity index (χ2v) is 4.48. The molecule has 1 aromatic rings. The van der Waals surface area contributed by atoms with E-state index in [0.29, 0.717) is 23.3 Å². The van der Waals surface area contributed by atoms with E-state index in [1.807, 2.05) is 0 Å². The average molecular weight is 224 g/mol. The Hall–Kier alpha value is -1.28. The minimum absolute atomic E-state index is 0.321. The number of hydrogen-bond donors (Lipinski definition) is 2. The molecule has 0 fully saturated rings. The minimum atomic E-state index is 0.321. The van der Waals surface area contributed by atoms with Gasteiger partial charge < -0.3 is 11.1 Å². The first-order valence-electron chi connectivity index (χ1n) is 5.01. The van der Waals surface area contributed by atoms with Crippen molar-refractivity contribution in [2.45, 2.75) is 33.2 Å². The van der Waals surface area contributed by atoms with Crippen molar-refractivity contribution < 1.29 is 0 Å². The lowest BCUT2D eigenvalue weighted by Crippen LogP contribution is -2.23. The highest BCUT2D eigenvalue weighted by atomic mass is 32.1. The number of nitriles is 1. The molecule has 82 valence electrons. The summed E-state index contributed by atoms with van der Waals surface area (Å²) in [4.78, 5) is 0. The zero-order valence-electron chi connectivity index (χ0n) is 9.24. The van der Waals surface area contributed by atoms with E-state index < -0.39 is 0 Å². The predicted octanol–water partition coefficient (Wildman–Crippen LogP) is 2.44. The van der Waals surface area contributed by atoms with Gasteiger partial charge in [0, 0.05) is 6.04 Å². The highest BCUT2D eigenvalue weighted by Crippen LogP contribution is 2.27. The van der Waals surface area contributed by atoms with Crippen LogP contribution in [-0.4, -0.2) is 10.4 Å². The van der Waals surface area contributed by atoms with Gasteiger partial charge in [0.1, 0.15) is 16.6 Å². The molecule has 0 saturated heterocycles. The maximum atomic E-state index is 8.89. The molecule has 3 N–H and O–H groups in total. The summed E-state index contributed by atoms with van der Waals surface area (Å²) in [5, 5.41) is 13.0. The summed E-state index contributed by atoms with van der Waals surface area (Å²) in [5.74, 6) is 0.876. The van der Waals surface area contributed by atoms with Crippen LogP contribution in [0.4, 0.5) is 10.8 Å². The third-order valence-corrected chi connectivity index (χ3v) is 3.48. The zero-order chi connectivity index (χ0) is 11.4. The van der Waals surface area contributed by atoms with Gasteiger partial charge in [-0.25, -0.2) is 0 Å². The third kappa shape index (κ3) is 2.60. The summed E-state index contributed by atoms with van der Waals surface area (Å²) in [6.45, 7) is 6.43. The Labute approximate surface area is 94.3 Å². The molecular formula is C10H16N4S. The van der Waals surface area contributed by atoms with Crippen molar-refractivity contribution >= 4 is 22.4 Å². The summed E-state index contributed by atoms with van der Waals surface area (Å²) >= 11 is 1.25. The molecule has 0 aromatic carbocycles. The van der Waals surface area contributed by atoms with Gasteiger partial charge in [-0.15, -0.1) is 0 Å². The number of rotatable bonds is 4. The monoisotopic (exact) mass is 224 g/mol. The zero-order valence-corrected chi connectivity index (χ0v) is 10.1. The van der Waals surface area contributed by atoms with Gasteiger partial charge in [0.15, 0.2) is 5.82 Å². The number of nitrogens with two attached hydrogens (primary N) is 1. The number of nitrogens with one attached hydrogen (secondary N) is 1. The van der Waals surface area contributed by atoms with Crippen LogP contribution in [0.1, 0.15) is 32.8 Å². The molecule has 1 rings (SSSR count). The number of nitrogen functional groups attached to an aromatic ring is 1. The van der Waals surface area contributed by atoms with E-state index in [2.05, 4.69) is 36.5 Å². The Morgan fingerprint density at radius 1 is 1.60 bits per heavy atom. The maximum absolute atomic E-state index is 8.89. The Kier molecular flexibility index (Phi) is 3.92. The fraction of sp³-hybridized carbons (Fsp3) is 0.600. The standard InChI is InChI=1S/C10H16N4S/c1-4-6(2)7(3)13-10-8(5-11)9(12)14-15-10/h6-7,13H,4H2,1-3H3,(H2,12,14). The molecule has 1 heterocycles. The molecule has 0 bridgehead atoms. The van der Waals surface area contributed by atoms with E-state index in [1.54, 1.807) is 0 Å². The highest BCUT2D eigenvalue weighted by molar-refractivity contribution is 7.10. The van der Waals surface area contributed by atoms with Crippen LogP contribution in [0.2, 0.25) is 0 Å². The number of anilines is 2. The molecule has 0 aliphatic heterocycles. The van der Waals surface area contributed by atoms with Crippen LogP contribution in [0.3, 0.4) is 0 Å². The highest BCUT2D eigenvalue weighted by Gasteiger charge is 2.15. The topological polar surface area (TPSA) is 74.7 Å². The van der Waals surface area contributed by atoms with Crippen molar-refractivity contribution in [2.24, 2.45) is 5.92 Å². The van der Waals surface area contributed by atoms with Gasteiger partial charge in [-0.3, -0.25) is 0 Å². The van der Waals surface area contributed by atoms with Gasteiger partial charge in [0.25, 0.3) is 0 Å². The molecule has 0 amide bonds. The minimum Gasteiger partial charge on any atom is -0.382 e. The van der Waals surface area contributed by atoms with E-state index in [1.165, 1.54) is 11.5 Å². The van der Waals surface area contributed by atoms with Crippen molar-refractivity contribution in [3.8, 4) is 6.07 Å². The van der Waals surface area contributed by atoms with Crippen molar-refractivity contribution in [2.75, 3.05) is 11.1 Å². The Morgan fingerprint density at radius 3 is 2.80 bits per heavy atom. The lowest BCUT2D eigenvalue weighted by molar-refractivity contribution is 0.495. The lowest BCUT2D eigenvalue weighted by Gasteiger charge is -2.19. The van der Waals surface area contributed by atoms with Crippen molar-refractivity contribution in [1.82, 2.24) is 4.37 Å². The van der Waals surface area contributed by atoms with Crippen LogP contribution >= 0.6 is 11.5 Å². The quantitative estimate of drug-likeness (QED) is 0.823. The summed E-state index contributed by atoms with van der Waals surface area (Å²) in [5.41, 5.74) is 6.04. The van der Waals surface area contributed by atoms with Crippen LogP contribution in [-0.2, 0) is 0 Å². The third-order valence-electron chi connectivity index (χ3n) is 2.69. The molecule has 0 aliphatic carbocycles. The first-order valence-corrected chi connectivity index (χ1v) is 5.79. The molecule has 2 unspecified atom stereocenters. The maximum Gasteiger partial charge on any atom is 0.157 e. The van der Waals surface area contributed by atoms with Crippen LogP contribution in [0.5, 0.6) is 0 Å². The van der Waals surface area contributed by atoms with Crippen molar-refractivity contribution in [3.63, 3.8) is 0 Å². The van der Waals surface area contributed by atoms with Crippen LogP contribution < -0.4 is 11.1 Å². The number of nitrogens with zero attached hydrogens (tertiary/aromatic N) is 2. The van der Waals surface area contributed by atoms with Gasteiger partial charge in [-0.2, -0.15) is 9.64 Å². The molecule has 15 heavy (non-hydrogen) atoms. The molecule has 0 saturated carbocycles. The Balaban J connectivity index is 2.77. The first-order chi connectivity index (χ1) is 7.10. The van der Waals surface area contributed by atoms with Gasteiger partial charge in [-0.05, 0) is 24.4 Å². The molecule has 0 radical (unpaired) electrons. The molecule has 2 atom stereocenters. The Bertz CT molecular complexity index is 366. The van der Waals surface area contributed by atoms with Crippen molar-refractivity contribution in [3.05, 3.63) is 5.56 Å². The predicted molar refractivity (Wildman–Crippen MR) is 63.8 cm³/mol. The molecular weight excluding hydrogens is 208 g/mol. The smallest absolute Gasteiger partial charge is 0.157 e. The molecule has 5 heteroatoms. The number of hydrogen-bond acceptors (Lipinski definition) is 5. The SMILES string of the molecule is CCC(C)C(C)Nc1snc(N)c1C#N. The Morgan fingerprint density at radius 2 is 2.27 bits per heavy atom. The largest absolute Gasteiger partial charge is 0.382 e. The lowest BCUT2D eigenvalue weighted by atomic mass is 10.0. The van der Waals surface area contributed by atoms with Crippen LogP contribution in [0.25, 0.3) is 0 Å². The molecule has 4 nitrogen and oxygen atoms in total. The van der Waals surface area contributed by atoms with E-state index >= 15 is 0 Å². The van der Waals surface area contributed by atoms with Crippen LogP contribution in [0, 0.1) is 17.2 Å². The first kappa shape index (κ1) is 11.8. The molecule has 1 aromatic heterocycles. The van der Waals surface area contributed by atoms with Gasteiger partial charge in [-0.1, -0.05) is 20.3 Å².